The molecule has 0 amide bonds. The molecule has 0 atom stereocenters. The summed E-state index contributed by atoms with van der Waals surface area (Å²) >= 11 is 0. The lowest BCUT2D eigenvalue weighted by Crippen LogP contribution is -1.77. The first kappa shape index (κ1) is 10.1. The Kier molecular flexibility index (Phi) is 5.33. The van der Waals surface area contributed by atoms with Crippen molar-refractivity contribution in [2.24, 2.45) is 0 Å². The molecule has 0 aromatic heterocycles. The summed E-state index contributed by atoms with van der Waals surface area (Å²) in [4.78, 5) is 0. The van der Waals surface area contributed by atoms with Crippen LogP contribution in [0.25, 0.3) is 0 Å². The molecule has 1 rings (SSSR count). The lowest BCUT2D eigenvalue weighted by Gasteiger charge is -1.85. The zero-order chi connectivity index (χ0) is 8.69. The van der Waals surface area contributed by atoms with Crippen molar-refractivity contribution in [3.05, 3.63) is 35.9 Å². The average molecular weight is 159 g/mol. The van der Waals surface area contributed by atoms with Gasteiger partial charge in [-0.05, 0) is 12.1 Å². The third-order valence-corrected chi connectivity index (χ3v) is 0.824. The Bertz CT molecular complexity index is 187. The normalized spacial score (nSPS) is 8.00. The van der Waals surface area contributed by atoms with Crippen LogP contribution < -0.4 is 0 Å². The molecule has 1 aromatic carbocycles. The summed E-state index contributed by atoms with van der Waals surface area (Å²) in [5, 5.41) is 14.0. The van der Waals surface area contributed by atoms with Crippen molar-refractivity contribution in [3.8, 4) is 0 Å². The number of hydrogen-bond acceptors (Lipinski definition) is 2. The first-order valence-electron chi connectivity index (χ1n) is 2.72. The standard InChI is InChI=1S/C6H4F2.BH2O2/c7-5-3-1-2-4-6(5)8;2-1-3/h1-4H;2-3H. The van der Waals surface area contributed by atoms with Crippen LogP contribution in [0.15, 0.2) is 24.3 Å². The maximum atomic E-state index is 11.9. The molecule has 5 heteroatoms. The second kappa shape index (κ2) is 5.82. The lowest BCUT2D eigenvalue weighted by atomic mass is 10.3. The van der Waals surface area contributed by atoms with E-state index in [-0.39, 0.29) is 7.69 Å². The second-order valence-corrected chi connectivity index (χ2v) is 1.53. The van der Waals surface area contributed by atoms with E-state index in [0.29, 0.717) is 0 Å². The first-order chi connectivity index (χ1) is 5.22. The average Bonchev–Trinajstić information content (AvgIpc) is 1.97. The van der Waals surface area contributed by atoms with E-state index in [1.807, 2.05) is 0 Å². The molecule has 0 saturated heterocycles. The van der Waals surface area contributed by atoms with Gasteiger partial charge in [-0.2, -0.15) is 0 Å². The number of hydrogen-bond donors (Lipinski definition) is 2. The minimum absolute atomic E-state index is 0. The number of halogens is 2. The van der Waals surface area contributed by atoms with Crippen LogP contribution in [0.4, 0.5) is 8.78 Å². The summed E-state index contributed by atoms with van der Waals surface area (Å²) in [5.41, 5.74) is 0. The molecule has 59 valence electrons. The summed E-state index contributed by atoms with van der Waals surface area (Å²) in [6, 6.07) is 5.04. The molecule has 0 aliphatic rings. The van der Waals surface area contributed by atoms with Crippen LogP contribution in [0.5, 0.6) is 0 Å². The molecule has 0 saturated carbocycles. The van der Waals surface area contributed by atoms with Gasteiger partial charge in [0.1, 0.15) is 0 Å². The molecule has 0 aliphatic carbocycles. The molecule has 11 heavy (non-hydrogen) atoms. The molecule has 2 N–H and O–H groups in total. The highest BCUT2D eigenvalue weighted by atomic mass is 19.2. The Hall–Kier alpha value is -0.935. The van der Waals surface area contributed by atoms with Gasteiger partial charge >= 0.3 is 7.69 Å². The molecule has 1 radical (unpaired) electrons. The van der Waals surface area contributed by atoms with Gasteiger partial charge in [-0.3, -0.25) is 0 Å². The fourth-order valence-electron chi connectivity index (χ4n) is 0.439. The van der Waals surface area contributed by atoms with Crippen molar-refractivity contribution >= 4 is 7.69 Å². The lowest BCUT2D eigenvalue weighted by molar-refractivity contribution is 0.448. The molecule has 0 heterocycles. The summed E-state index contributed by atoms with van der Waals surface area (Å²) < 4.78 is 23.9. The monoisotopic (exact) mass is 159 g/mol. The third kappa shape index (κ3) is 4.47. The van der Waals surface area contributed by atoms with Gasteiger partial charge in [0, 0.05) is 0 Å². The molecule has 1 aromatic rings. The van der Waals surface area contributed by atoms with Crippen LogP contribution in [0.2, 0.25) is 0 Å². The van der Waals surface area contributed by atoms with E-state index in [0.717, 1.165) is 12.1 Å². The zero-order valence-electron chi connectivity index (χ0n) is 5.54. The minimum atomic E-state index is -0.799. The number of benzene rings is 1. The molecule has 0 fully saturated rings. The van der Waals surface area contributed by atoms with Crippen LogP contribution in [0.3, 0.4) is 0 Å². The zero-order valence-corrected chi connectivity index (χ0v) is 5.54. The largest absolute Gasteiger partial charge is 0.482 e. The van der Waals surface area contributed by atoms with Crippen molar-refractivity contribution in [3.63, 3.8) is 0 Å². The highest BCUT2D eigenvalue weighted by Gasteiger charge is 1.93. The van der Waals surface area contributed by atoms with Gasteiger partial charge in [-0.25, -0.2) is 8.78 Å². The highest BCUT2D eigenvalue weighted by Crippen LogP contribution is 2.01. The van der Waals surface area contributed by atoms with Gasteiger partial charge in [-0.15, -0.1) is 0 Å². The Balaban J connectivity index is 0.000000292. The van der Waals surface area contributed by atoms with Crippen molar-refractivity contribution in [1.82, 2.24) is 0 Å². The van der Waals surface area contributed by atoms with Crippen molar-refractivity contribution < 1.29 is 18.8 Å². The Morgan fingerprint density at radius 1 is 1.00 bits per heavy atom. The van der Waals surface area contributed by atoms with Crippen LogP contribution in [-0.4, -0.2) is 17.7 Å². The van der Waals surface area contributed by atoms with Crippen molar-refractivity contribution in [2.45, 2.75) is 0 Å². The van der Waals surface area contributed by atoms with Gasteiger partial charge in [0.25, 0.3) is 0 Å². The molecule has 0 bridgehead atoms. The van der Waals surface area contributed by atoms with E-state index in [1.165, 1.54) is 12.1 Å². The van der Waals surface area contributed by atoms with Gasteiger partial charge in [-0.1, -0.05) is 12.1 Å². The SMILES string of the molecule is Fc1ccccc1F.O[B]O. The third-order valence-electron chi connectivity index (χ3n) is 0.824. The highest BCUT2D eigenvalue weighted by molar-refractivity contribution is 6.13. The predicted octanol–water partition coefficient (Wildman–Crippen LogP) is 0.470. The van der Waals surface area contributed by atoms with Gasteiger partial charge in [0.2, 0.25) is 0 Å². The molecule has 0 unspecified atom stereocenters. The van der Waals surface area contributed by atoms with Crippen LogP contribution in [-0.2, 0) is 0 Å². The smallest absolute Gasteiger partial charge is 0.429 e. The van der Waals surface area contributed by atoms with Gasteiger partial charge in [0.15, 0.2) is 11.6 Å². The minimum Gasteiger partial charge on any atom is -0.429 e. The van der Waals surface area contributed by atoms with E-state index in [2.05, 4.69) is 0 Å². The molecular formula is C6H6BF2O2. The quantitative estimate of drug-likeness (QED) is 0.540. The maximum Gasteiger partial charge on any atom is 0.482 e. The number of rotatable bonds is 0. The molecule has 0 spiro atoms. The summed E-state index contributed by atoms with van der Waals surface area (Å²) in [7, 11) is 0. The topological polar surface area (TPSA) is 40.5 Å². The van der Waals surface area contributed by atoms with E-state index in [1.54, 1.807) is 0 Å². The first-order valence-corrected chi connectivity index (χ1v) is 2.72. The summed E-state index contributed by atoms with van der Waals surface area (Å²) in [6.07, 6.45) is 0. The van der Waals surface area contributed by atoms with E-state index >= 15 is 0 Å². The Morgan fingerprint density at radius 2 is 1.27 bits per heavy atom. The fraction of sp³-hybridized carbons (Fsp3) is 0. The second-order valence-electron chi connectivity index (χ2n) is 1.53. The molecule has 0 aliphatic heterocycles. The van der Waals surface area contributed by atoms with Gasteiger partial charge < -0.3 is 10.0 Å². The van der Waals surface area contributed by atoms with Crippen molar-refractivity contribution in [2.75, 3.05) is 0 Å². The molecular weight excluding hydrogens is 153 g/mol. The fourth-order valence-corrected chi connectivity index (χ4v) is 0.439. The van der Waals surface area contributed by atoms with Crippen LogP contribution in [0.1, 0.15) is 0 Å². The van der Waals surface area contributed by atoms with E-state index < -0.39 is 11.6 Å². The summed E-state index contributed by atoms with van der Waals surface area (Å²) in [5.74, 6) is -1.60. The van der Waals surface area contributed by atoms with Crippen LogP contribution in [0, 0.1) is 11.6 Å². The Labute approximate surface area is 63.4 Å². The van der Waals surface area contributed by atoms with E-state index in [9.17, 15) is 8.78 Å². The maximum absolute atomic E-state index is 11.9. The summed E-state index contributed by atoms with van der Waals surface area (Å²) in [6.45, 7) is 0. The van der Waals surface area contributed by atoms with E-state index in [4.69, 9.17) is 10.0 Å². The van der Waals surface area contributed by atoms with Gasteiger partial charge in [0.05, 0.1) is 0 Å². The molecule has 2 nitrogen and oxygen atoms in total. The van der Waals surface area contributed by atoms with Crippen molar-refractivity contribution in [1.29, 1.82) is 0 Å². The predicted molar refractivity (Wildman–Crippen MR) is 36.5 cm³/mol. The Morgan fingerprint density at radius 3 is 1.45 bits per heavy atom. The van der Waals surface area contributed by atoms with Crippen LogP contribution >= 0.6 is 0 Å².